The van der Waals surface area contributed by atoms with Gasteiger partial charge in [-0.05, 0) is 43.0 Å². The van der Waals surface area contributed by atoms with Gasteiger partial charge in [-0.15, -0.1) is 0 Å². The van der Waals surface area contributed by atoms with Crippen molar-refractivity contribution in [3.05, 3.63) is 41.5 Å². The van der Waals surface area contributed by atoms with Crippen LogP contribution in [0.5, 0.6) is 0 Å². The molecule has 3 rings (SSSR count). The average Bonchev–Trinajstić information content (AvgIpc) is 3.29. The van der Waals surface area contributed by atoms with Crippen molar-refractivity contribution in [2.24, 2.45) is 5.73 Å². The van der Waals surface area contributed by atoms with Gasteiger partial charge in [0.05, 0.1) is 10.4 Å². The Morgan fingerprint density at radius 3 is 2.58 bits per heavy atom. The molecule has 8 heteroatoms. The van der Waals surface area contributed by atoms with E-state index in [2.05, 4.69) is 14.9 Å². The fraction of sp³-hybridized carbons (Fsp3) is 0.444. The summed E-state index contributed by atoms with van der Waals surface area (Å²) in [4.78, 5) is 4.62. The molecule has 0 bridgehead atoms. The van der Waals surface area contributed by atoms with E-state index in [4.69, 9.17) is 10.3 Å². The van der Waals surface area contributed by atoms with Crippen LogP contribution in [0.25, 0.3) is 12.2 Å². The van der Waals surface area contributed by atoms with E-state index in [1.54, 1.807) is 36.4 Å². The van der Waals surface area contributed by atoms with Crippen LogP contribution in [0.2, 0.25) is 0 Å². The molecule has 1 heterocycles. The largest absolute Gasteiger partial charge is 0.335 e. The Morgan fingerprint density at radius 2 is 1.92 bits per heavy atom. The molecular formula is C18H24N4O3S. The summed E-state index contributed by atoms with van der Waals surface area (Å²) in [6.45, 7) is 2.34. The quantitative estimate of drug-likeness (QED) is 0.768. The average molecular weight is 376 g/mol. The minimum Gasteiger partial charge on any atom is -0.335 e. The minimum absolute atomic E-state index is 0.245. The van der Waals surface area contributed by atoms with E-state index >= 15 is 0 Å². The highest BCUT2D eigenvalue weighted by Crippen LogP contribution is 2.34. The molecule has 1 saturated carbocycles. The summed E-state index contributed by atoms with van der Waals surface area (Å²) in [5.41, 5.74) is 6.68. The zero-order chi connectivity index (χ0) is 18.6. The monoisotopic (exact) mass is 376 g/mol. The topological polar surface area (TPSA) is 111 Å². The van der Waals surface area contributed by atoms with Crippen LogP contribution in [-0.4, -0.2) is 25.1 Å². The molecule has 7 nitrogen and oxygen atoms in total. The number of nitrogens with zero attached hydrogens (tertiary/aromatic N) is 2. The maximum absolute atomic E-state index is 12.1. The van der Waals surface area contributed by atoms with Gasteiger partial charge in [-0.3, -0.25) is 0 Å². The third kappa shape index (κ3) is 4.20. The Bertz CT molecular complexity index is 866. The number of hydrogen-bond acceptors (Lipinski definition) is 6. The molecule has 0 saturated heterocycles. The van der Waals surface area contributed by atoms with Crippen molar-refractivity contribution < 1.29 is 12.9 Å². The maximum atomic E-state index is 12.1. The summed E-state index contributed by atoms with van der Waals surface area (Å²) in [5.74, 6) is 0.941. The molecule has 26 heavy (non-hydrogen) atoms. The highest BCUT2D eigenvalue weighted by Gasteiger charge is 2.35. The molecule has 1 fully saturated rings. The normalized spacial score (nSPS) is 17.2. The molecule has 1 aliphatic carbocycles. The number of nitrogens with one attached hydrogen (secondary N) is 1. The smallest absolute Gasteiger partial charge is 0.250 e. The molecule has 3 N–H and O–H groups in total. The second-order valence-corrected chi connectivity index (χ2v) is 8.39. The molecule has 0 radical (unpaired) electrons. The first-order chi connectivity index (χ1) is 12.4. The number of aromatic nitrogens is 2. The van der Waals surface area contributed by atoms with Crippen LogP contribution in [0.1, 0.15) is 56.3 Å². The Hall–Kier alpha value is -2.03. The summed E-state index contributed by atoms with van der Waals surface area (Å²) in [7, 11) is -3.45. The van der Waals surface area contributed by atoms with Gasteiger partial charge in [0.25, 0.3) is 5.89 Å². The predicted molar refractivity (Wildman–Crippen MR) is 99.5 cm³/mol. The third-order valence-corrected chi connectivity index (χ3v) is 6.01. The standard InChI is InChI=1S/C18H24N4O3S/c1-2-13-20-26(23,24)15-8-5-14(6-9-15)7-10-16-21-17(22-25-16)18(19)11-3-4-12-18/h5-10,20H,2-4,11-13,19H2,1H3/b10-7+. The van der Waals surface area contributed by atoms with Crippen molar-refractivity contribution in [1.29, 1.82) is 0 Å². The highest BCUT2D eigenvalue weighted by atomic mass is 32.2. The molecule has 1 aromatic carbocycles. The molecule has 140 valence electrons. The second kappa shape index (κ2) is 7.69. The zero-order valence-electron chi connectivity index (χ0n) is 14.8. The van der Waals surface area contributed by atoms with Gasteiger partial charge in [-0.1, -0.05) is 37.1 Å². The first-order valence-corrected chi connectivity index (χ1v) is 10.3. The van der Waals surface area contributed by atoms with Gasteiger partial charge in [0.15, 0.2) is 5.82 Å². The van der Waals surface area contributed by atoms with E-state index in [-0.39, 0.29) is 4.90 Å². The van der Waals surface area contributed by atoms with Gasteiger partial charge in [0, 0.05) is 12.6 Å². The van der Waals surface area contributed by atoms with Crippen LogP contribution in [0.4, 0.5) is 0 Å². The van der Waals surface area contributed by atoms with Crippen LogP contribution >= 0.6 is 0 Å². The lowest BCUT2D eigenvalue weighted by Gasteiger charge is -2.17. The Morgan fingerprint density at radius 1 is 1.23 bits per heavy atom. The van der Waals surface area contributed by atoms with Crippen LogP contribution in [-0.2, 0) is 15.6 Å². The molecule has 0 spiro atoms. The lowest BCUT2D eigenvalue weighted by atomic mass is 9.99. The van der Waals surface area contributed by atoms with E-state index in [9.17, 15) is 8.42 Å². The lowest BCUT2D eigenvalue weighted by molar-refractivity contribution is 0.364. The van der Waals surface area contributed by atoms with Gasteiger partial charge < -0.3 is 10.3 Å². The van der Waals surface area contributed by atoms with Gasteiger partial charge in [0.2, 0.25) is 10.0 Å². The summed E-state index contributed by atoms with van der Waals surface area (Å²) in [5, 5.41) is 4.01. The molecule has 0 amide bonds. The van der Waals surface area contributed by atoms with Gasteiger partial charge in [-0.2, -0.15) is 4.98 Å². The fourth-order valence-corrected chi connectivity index (χ4v) is 4.11. The first kappa shape index (κ1) is 18.8. The number of sulfonamides is 1. The van der Waals surface area contributed by atoms with Crippen molar-refractivity contribution >= 4 is 22.2 Å². The van der Waals surface area contributed by atoms with Crippen molar-refractivity contribution in [3.8, 4) is 0 Å². The lowest BCUT2D eigenvalue weighted by Crippen LogP contribution is -2.34. The number of hydrogen-bond donors (Lipinski definition) is 2. The molecule has 1 aliphatic rings. The molecule has 0 unspecified atom stereocenters. The Labute approximate surface area is 153 Å². The first-order valence-electron chi connectivity index (χ1n) is 8.84. The van der Waals surface area contributed by atoms with E-state index in [0.717, 1.165) is 37.7 Å². The zero-order valence-corrected chi connectivity index (χ0v) is 15.6. The van der Waals surface area contributed by atoms with Gasteiger partial charge in [-0.25, -0.2) is 13.1 Å². The Kier molecular flexibility index (Phi) is 5.55. The summed E-state index contributed by atoms with van der Waals surface area (Å²) < 4.78 is 31.9. The van der Waals surface area contributed by atoms with Crippen molar-refractivity contribution in [1.82, 2.24) is 14.9 Å². The number of nitrogens with two attached hydrogens (primary N) is 1. The van der Waals surface area contributed by atoms with E-state index in [1.165, 1.54) is 0 Å². The van der Waals surface area contributed by atoms with Crippen LogP contribution in [0, 0.1) is 0 Å². The maximum Gasteiger partial charge on any atom is 0.250 e. The number of rotatable bonds is 7. The van der Waals surface area contributed by atoms with E-state index in [1.807, 2.05) is 6.92 Å². The van der Waals surface area contributed by atoms with Gasteiger partial charge in [0.1, 0.15) is 0 Å². The summed E-state index contributed by atoms with van der Waals surface area (Å²) in [6, 6.07) is 6.61. The highest BCUT2D eigenvalue weighted by molar-refractivity contribution is 7.89. The summed E-state index contributed by atoms with van der Waals surface area (Å²) >= 11 is 0. The number of benzene rings is 1. The Balaban J connectivity index is 1.69. The van der Waals surface area contributed by atoms with Crippen molar-refractivity contribution in [3.63, 3.8) is 0 Å². The second-order valence-electron chi connectivity index (χ2n) is 6.62. The fourth-order valence-electron chi connectivity index (χ4n) is 2.98. The van der Waals surface area contributed by atoms with Crippen LogP contribution in [0.3, 0.4) is 0 Å². The van der Waals surface area contributed by atoms with E-state index < -0.39 is 15.6 Å². The molecule has 0 aliphatic heterocycles. The molecule has 1 aromatic heterocycles. The van der Waals surface area contributed by atoms with Crippen LogP contribution < -0.4 is 10.5 Å². The molecule has 2 aromatic rings. The minimum atomic E-state index is -3.45. The van der Waals surface area contributed by atoms with Gasteiger partial charge >= 0.3 is 0 Å². The molecule has 0 atom stereocenters. The van der Waals surface area contributed by atoms with Crippen LogP contribution in [0.15, 0.2) is 33.7 Å². The molecular weight excluding hydrogens is 352 g/mol. The van der Waals surface area contributed by atoms with Crippen molar-refractivity contribution in [2.45, 2.75) is 49.5 Å². The SMILES string of the molecule is CCCNS(=O)(=O)c1ccc(/C=C/c2nc(C3(N)CCCC3)no2)cc1. The van der Waals surface area contributed by atoms with Crippen molar-refractivity contribution in [2.75, 3.05) is 6.54 Å². The third-order valence-electron chi connectivity index (χ3n) is 4.53. The predicted octanol–water partition coefficient (Wildman–Crippen LogP) is 2.66. The van der Waals surface area contributed by atoms with E-state index in [0.29, 0.717) is 18.3 Å². The summed E-state index contributed by atoms with van der Waals surface area (Å²) in [6.07, 6.45) is 8.15.